The monoisotopic (exact) mass is 334 g/mol. The number of ketones is 2. The molecule has 0 saturated carbocycles. The van der Waals surface area contributed by atoms with Crippen LogP contribution in [0.2, 0.25) is 0 Å². The van der Waals surface area contributed by atoms with E-state index >= 15 is 0 Å². The lowest BCUT2D eigenvalue weighted by molar-refractivity contribution is -0.123. The van der Waals surface area contributed by atoms with Gasteiger partial charge < -0.3 is 10.2 Å². The van der Waals surface area contributed by atoms with Crippen LogP contribution in [0, 0.1) is 10.8 Å². The van der Waals surface area contributed by atoms with Crippen LogP contribution >= 0.6 is 0 Å². The van der Waals surface area contributed by atoms with Gasteiger partial charge in [-0.1, -0.05) is 52.0 Å². The van der Waals surface area contributed by atoms with E-state index in [0.717, 1.165) is 5.56 Å². The normalized spacial score (nSPS) is 12.2. The van der Waals surface area contributed by atoms with Gasteiger partial charge in [0.2, 0.25) is 0 Å². The second kappa shape index (κ2) is 8.54. The fourth-order valence-corrected chi connectivity index (χ4v) is 2.69. The first-order valence-corrected chi connectivity index (χ1v) is 8.44. The minimum Gasteiger partial charge on any atom is -0.396 e. The number of hydrogen-bond acceptors (Lipinski definition) is 4. The van der Waals surface area contributed by atoms with E-state index in [2.05, 4.69) is 0 Å². The van der Waals surface area contributed by atoms with E-state index in [1.807, 2.05) is 52.0 Å². The standard InChI is InChI=1S/C20H30O4/c1-19(2,14-22)10-9-18(24)16-7-5-15(6-8-16)11-20(3,4)12-17(23)13-21/h5-8,21-22H,9-14H2,1-4H3. The lowest BCUT2D eigenvalue weighted by Gasteiger charge is -2.23. The van der Waals surface area contributed by atoms with Crippen LogP contribution in [0.25, 0.3) is 0 Å². The molecule has 0 amide bonds. The number of Topliss-reactive ketones (excluding diaryl/α,β-unsaturated/α-hetero) is 2. The molecule has 0 bridgehead atoms. The average molecular weight is 334 g/mol. The summed E-state index contributed by atoms with van der Waals surface area (Å²) >= 11 is 0. The Bertz CT molecular complexity index is 556. The van der Waals surface area contributed by atoms with E-state index in [-0.39, 0.29) is 29.0 Å². The highest BCUT2D eigenvalue weighted by Crippen LogP contribution is 2.27. The Kier molecular flexibility index (Phi) is 7.30. The zero-order valence-electron chi connectivity index (χ0n) is 15.3. The zero-order chi connectivity index (χ0) is 18.4. The molecule has 0 radical (unpaired) electrons. The van der Waals surface area contributed by atoms with Gasteiger partial charge in [-0.15, -0.1) is 0 Å². The van der Waals surface area contributed by atoms with Crippen LogP contribution < -0.4 is 0 Å². The van der Waals surface area contributed by atoms with Gasteiger partial charge >= 0.3 is 0 Å². The van der Waals surface area contributed by atoms with Gasteiger partial charge in [0.1, 0.15) is 6.61 Å². The van der Waals surface area contributed by atoms with Gasteiger partial charge in [0.15, 0.2) is 11.6 Å². The fourth-order valence-electron chi connectivity index (χ4n) is 2.69. The maximum absolute atomic E-state index is 12.2. The molecule has 4 nitrogen and oxygen atoms in total. The maximum Gasteiger partial charge on any atom is 0.162 e. The molecule has 0 unspecified atom stereocenters. The molecule has 134 valence electrons. The number of aliphatic hydroxyl groups is 2. The van der Waals surface area contributed by atoms with Gasteiger partial charge in [-0.3, -0.25) is 9.59 Å². The number of carbonyl (C=O) groups is 2. The van der Waals surface area contributed by atoms with Gasteiger partial charge in [-0.25, -0.2) is 0 Å². The van der Waals surface area contributed by atoms with E-state index in [9.17, 15) is 14.7 Å². The Morgan fingerprint density at radius 2 is 1.54 bits per heavy atom. The van der Waals surface area contributed by atoms with Crippen LogP contribution in [0.1, 0.15) is 62.9 Å². The van der Waals surface area contributed by atoms with Crippen LogP contribution in [0.4, 0.5) is 0 Å². The molecule has 0 fully saturated rings. The molecule has 0 spiro atoms. The highest BCUT2D eigenvalue weighted by atomic mass is 16.3. The van der Waals surface area contributed by atoms with E-state index in [4.69, 9.17) is 5.11 Å². The molecular formula is C20H30O4. The molecule has 24 heavy (non-hydrogen) atoms. The SMILES string of the molecule is CC(C)(CO)CCC(=O)c1ccc(CC(C)(C)CC(=O)CO)cc1. The van der Waals surface area contributed by atoms with Crippen LogP contribution in [0.5, 0.6) is 0 Å². The van der Waals surface area contributed by atoms with Crippen molar-refractivity contribution >= 4 is 11.6 Å². The second-order valence-corrected chi connectivity index (χ2v) is 8.16. The van der Waals surface area contributed by atoms with Crippen molar-refractivity contribution in [2.45, 2.75) is 53.4 Å². The summed E-state index contributed by atoms with van der Waals surface area (Å²) < 4.78 is 0. The van der Waals surface area contributed by atoms with Crippen molar-refractivity contribution in [3.8, 4) is 0 Å². The molecule has 0 aliphatic heterocycles. The van der Waals surface area contributed by atoms with Crippen molar-refractivity contribution in [3.05, 3.63) is 35.4 Å². The summed E-state index contributed by atoms with van der Waals surface area (Å²) in [7, 11) is 0. The van der Waals surface area contributed by atoms with Gasteiger partial charge in [-0.2, -0.15) is 0 Å². The second-order valence-electron chi connectivity index (χ2n) is 8.16. The van der Waals surface area contributed by atoms with Crippen LogP contribution in [0.3, 0.4) is 0 Å². The van der Waals surface area contributed by atoms with E-state index < -0.39 is 6.61 Å². The summed E-state index contributed by atoms with van der Waals surface area (Å²) in [6, 6.07) is 7.51. The highest BCUT2D eigenvalue weighted by Gasteiger charge is 2.22. The van der Waals surface area contributed by atoms with Gasteiger partial charge in [0, 0.05) is 25.0 Å². The van der Waals surface area contributed by atoms with Crippen molar-refractivity contribution in [2.75, 3.05) is 13.2 Å². The first kappa shape index (κ1) is 20.5. The molecule has 1 rings (SSSR count). The Morgan fingerprint density at radius 3 is 2.04 bits per heavy atom. The fraction of sp³-hybridized carbons (Fsp3) is 0.600. The molecule has 2 N–H and O–H groups in total. The summed E-state index contributed by atoms with van der Waals surface area (Å²) in [5.74, 6) is -0.0731. The Labute approximate surface area is 144 Å². The summed E-state index contributed by atoms with van der Waals surface area (Å²) in [4.78, 5) is 23.7. The van der Waals surface area contributed by atoms with Crippen LogP contribution in [0.15, 0.2) is 24.3 Å². The summed E-state index contributed by atoms with van der Waals surface area (Å²) in [5.41, 5.74) is 1.28. The minimum atomic E-state index is -0.416. The third-order valence-electron chi connectivity index (χ3n) is 4.27. The molecule has 0 aliphatic rings. The molecule has 1 aromatic rings. The summed E-state index contributed by atoms with van der Waals surface area (Å²) in [6.45, 7) is 7.54. The summed E-state index contributed by atoms with van der Waals surface area (Å²) in [5, 5.41) is 18.1. The molecule has 4 heteroatoms. The van der Waals surface area contributed by atoms with E-state index in [1.165, 1.54) is 0 Å². The average Bonchev–Trinajstić information content (AvgIpc) is 2.52. The topological polar surface area (TPSA) is 74.6 Å². The number of benzene rings is 1. The van der Waals surface area contributed by atoms with Crippen LogP contribution in [-0.4, -0.2) is 35.0 Å². The van der Waals surface area contributed by atoms with E-state index in [1.54, 1.807) is 0 Å². The molecule has 0 atom stereocenters. The van der Waals surface area contributed by atoms with Crippen molar-refractivity contribution in [1.29, 1.82) is 0 Å². The van der Waals surface area contributed by atoms with Crippen molar-refractivity contribution in [3.63, 3.8) is 0 Å². The smallest absolute Gasteiger partial charge is 0.162 e. The molecule has 0 aromatic heterocycles. The highest BCUT2D eigenvalue weighted by molar-refractivity contribution is 5.96. The van der Waals surface area contributed by atoms with E-state index in [0.29, 0.717) is 31.2 Å². The third-order valence-corrected chi connectivity index (χ3v) is 4.27. The number of hydrogen-bond donors (Lipinski definition) is 2. The third kappa shape index (κ3) is 6.93. The Balaban J connectivity index is 2.65. The van der Waals surface area contributed by atoms with Crippen molar-refractivity contribution in [1.82, 2.24) is 0 Å². The number of rotatable bonds is 10. The molecular weight excluding hydrogens is 304 g/mol. The quantitative estimate of drug-likeness (QED) is 0.644. The maximum atomic E-state index is 12.2. The molecule has 0 aliphatic carbocycles. The lowest BCUT2D eigenvalue weighted by Crippen LogP contribution is -2.21. The first-order valence-electron chi connectivity index (χ1n) is 8.44. The predicted octanol–water partition coefficient (Wildman–Crippen LogP) is 3.19. The van der Waals surface area contributed by atoms with Crippen molar-refractivity contribution in [2.24, 2.45) is 10.8 Å². The number of aliphatic hydroxyl groups excluding tert-OH is 2. The summed E-state index contributed by atoms with van der Waals surface area (Å²) in [6.07, 6.45) is 2.12. The zero-order valence-corrected chi connectivity index (χ0v) is 15.3. The lowest BCUT2D eigenvalue weighted by atomic mass is 9.81. The largest absolute Gasteiger partial charge is 0.396 e. The van der Waals surface area contributed by atoms with Crippen molar-refractivity contribution < 1.29 is 19.8 Å². The first-order chi connectivity index (χ1) is 11.1. The predicted molar refractivity (Wildman–Crippen MR) is 95.1 cm³/mol. The molecule has 1 aromatic carbocycles. The number of carbonyl (C=O) groups excluding carboxylic acids is 2. The Hall–Kier alpha value is -1.52. The minimum absolute atomic E-state index is 0.0703. The van der Waals surface area contributed by atoms with Gasteiger partial charge in [0.05, 0.1) is 0 Å². The Morgan fingerprint density at radius 1 is 0.958 bits per heavy atom. The van der Waals surface area contributed by atoms with Gasteiger partial charge in [-0.05, 0) is 29.2 Å². The van der Waals surface area contributed by atoms with Gasteiger partial charge in [0.25, 0.3) is 0 Å². The van der Waals surface area contributed by atoms with Crippen LogP contribution in [-0.2, 0) is 11.2 Å². The molecule has 0 saturated heterocycles. The molecule has 0 heterocycles.